The maximum absolute atomic E-state index is 10.7. The van der Waals surface area contributed by atoms with Gasteiger partial charge in [-0.3, -0.25) is 0 Å². The van der Waals surface area contributed by atoms with Crippen LogP contribution in [0.4, 0.5) is 0 Å². The molecule has 82 valence electrons. The van der Waals surface area contributed by atoms with Crippen molar-refractivity contribution in [3.8, 4) is 0 Å². The van der Waals surface area contributed by atoms with Crippen LogP contribution in [0.1, 0.15) is 41.0 Å². The van der Waals surface area contributed by atoms with Gasteiger partial charge < -0.3 is 5.11 Å². The zero-order valence-electron chi connectivity index (χ0n) is 9.42. The minimum Gasteiger partial charge on any atom is -0.384 e. The second kappa shape index (κ2) is 3.08. The maximum Gasteiger partial charge on any atom is 0.105 e. The lowest BCUT2D eigenvalue weighted by Gasteiger charge is -2.06. The van der Waals surface area contributed by atoms with E-state index in [2.05, 4.69) is 19.9 Å². The highest BCUT2D eigenvalue weighted by molar-refractivity contribution is 7.12. The molecule has 1 aromatic rings. The van der Waals surface area contributed by atoms with Crippen molar-refractivity contribution in [2.75, 3.05) is 0 Å². The van der Waals surface area contributed by atoms with Gasteiger partial charge in [0, 0.05) is 9.75 Å². The fourth-order valence-corrected chi connectivity index (χ4v) is 4.48. The Bertz CT molecular complexity index is 362. The van der Waals surface area contributed by atoms with Gasteiger partial charge in [-0.15, -0.1) is 11.3 Å². The summed E-state index contributed by atoms with van der Waals surface area (Å²) in [6.45, 7) is 4.30. The van der Waals surface area contributed by atoms with Crippen LogP contribution in [0.5, 0.6) is 0 Å². The number of aryl methyl sites for hydroxylation is 2. The van der Waals surface area contributed by atoms with Gasteiger partial charge >= 0.3 is 0 Å². The number of rotatable bonds is 1. The molecule has 0 bridgehead atoms. The van der Waals surface area contributed by atoms with E-state index in [9.17, 15) is 5.11 Å². The van der Waals surface area contributed by atoms with Crippen LogP contribution in [0.3, 0.4) is 0 Å². The Morgan fingerprint density at radius 1 is 1.27 bits per heavy atom. The molecule has 2 heteroatoms. The molecule has 0 saturated heterocycles. The third-order valence-electron chi connectivity index (χ3n) is 4.35. The van der Waals surface area contributed by atoms with Gasteiger partial charge in [-0.1, -0.05) is 12.8 Å². The van der Waals surface area contributed by atoms with Crippen molar-refractivity contribution in [1.82, 2.24) is 0 Å². The Labute approximate surface area is 95.1 Å². The van der Waals surface area contributed by atoms with Crippen molar-refractivity contribution in [2.24, 2.45) is 11.8 Å². The first-order valence-electron chi connectivity index (χ1n) is 5.94. The van der Waals surface area contributed by atoms with Crippen LogP contribution in [0.25, 0.3) is 0 Å². The lowest BCUT2D eigenvalue weighted by molar-refractivity contribution is 0.122. The zero-order chi connectivity index (χ0) is 10.6. The second-order valence-corrected chi connectivity index (χ2v) is 6.43. The summed E-state index contributed by atoms with van der Waals surface area (Å²) < 4.78 is 0. The van der Waals surface area contributed by atoms with E-state index in [0.717, 1.165) is 0 Å². The average molecular weight is 222 g/mol. The van der Waals surface area contributed by atoms with Crippen molar-refractivity contribution < 1.29 is 5.11 Å². The normalized spacial score (nSPS) is 38.9. The molecule has 15 heavy (non-hydrogen) atoms. The fourth-order valence-electron chi connectivity index (χ4n) is 3.23. The van der Waals surface area contributed by atoms with E-state index in [1.807, 2.05) is 0 Å². The third kappa shape index (κ3) is 1.24. The van der Waals surface area contributed by atoms with E-state index in [4.69, 9.17) is 0 Å². The molecule has 0 radical (unpaired) electrons. The molecule has 2 atom stereocenters. The molecular formula is C13H18OS. The molecule has 0 spiro atoms. The minimum absolute atomic E-state index is 0.430. The van der Waals surface area contributed by atoms with Crippen LogP contribution < -0.4 is 0 Å². The van der Waals surface area contributed by atoms with Crippen LogP contribution in [-0.2, 0) is 5.60 Å². The Morgan fingerprint density at radius 2 is 1.87 bits per heavy atom. The van der Waals surface area contributed by atoms with Gasteiger partial charge in [-0.2, -0.15) is 0 Å². The smallest absolute Gasteiger partial charge is 0.105 e. The molecule has 1 nitrogen and oxygen atoms in total. The van der Waals surface area contributed by atoms with Gasteiger partial charge in [0.1, 0.15) is 5.60 Å². The average Bonchev–Trinajstić information content (AvgIpc) is 2.71. The molecule has 0 amide bonds. The first kappa shape index (κ1) is 9.86. The van der Waals surface area contributed by atoms with Crippen LogP contribution in [0, 0.1) is 25.7 Å². The number of fused-ring (bicyclic) bond motifs is 1. The molecule has 2 aliphatic carbocycles. The summed E-state index contributed by atoms with van der Waals surface area (Å²) in [5.74, 6) is 1.15. The van der Waals surface area contributed by atoms with Gasteiger partial charge in [-0.05, 0) is 50.2 Å². The van der Waals surface area contributed by atoms with Gasteiger partial charge in [0.2, 0.25) is 0 Å². The number of aliphatic hydroxyl groups is 1. The van der Waals surface area contributed by atoms with E-state index < -0.39 is 5.60 Å². The molecule has 1 aromatic heterocycles. The summed E-state index contributed by atoms with van der Waals surface area (Å²) in [7, 11) is 0. The standard InChI is InChI=1S/C13H18OS/c1-8-7-12(15-9(8)2)13(14)10-5-3-4-6-11(10)13/h7,10-11,14H,3-6H2,1-2H3. The Balaban J connectivity index is 1.94. The largest absolute Gasteiger partial charge is 0.384 e. The molecule has 0 aromatic carbocycles. The molecule has 0 aliphatic heterocycles. The van der Waals surface area contributed by atoms with Crippen LogP contribution >= 0.6 is 11.3 Å². The molecule has 1 heterocycles. The Kier molecular flexibility index (Phi) is 2.02. The van der Waals surface area contributed by atoms with E-state index in [0.29, 0.717) is 11.8 Å². The molecule has 2 aliphatic rings. The Hall–Kier alpha value is -0.340. The van der Waals surface area contributed by atoms with Crippen LogP contribution in [0.15, 0.2) is 6.07 Å². The molecule has 3 rings (SSSR count). The van der Waals surface area contributed by atoms with E-state index in [1.165, 1.54) is 41.0 Å². The highest BCUT2D eigenvalue weighted by Gasteiger charge is 2.65. The Morgan fingerprint density at radius 3 is 2.33 bits per heavy atom. The van der Waals surface area contributed by atoms with Crippen LogP contribution in [0.2, 0.25) is 0 Å². The van der Waals surface area contributed by atoms with Crippen LogP contribution in [-0.4, -0.2) is 5.11 Å². The van der Waals surface area contributed by atoms with Crippen molar-refractivity contribution >= 4 is 11.3 Å². The first-order valence-corrected chi connectivity index (χ1v) is 6.75. The quantitative estimate of drug-likeness (QED) is 0.772. The van der Waals surface area contributed by atoms with Gasteiger partial charge in [-0.25, -0.2) is 0 Å². The summed E-state index contributed by atoms with van der Waals surface area (Å²) in [6.07, 6.45) is 5.09. The summed E-state index contributed by atoms with van der Waals surface area (Å²) >= 11 is 1.80. The number of hydrogen-bond acceptors (Lipinski definition) is 2. The van der Waals surface area contributed by atoms with Crippen molar-refractivity contribution in [3.05, 3.63) is 21.4 Å². The lowest BCUT2D eigenvalue weighted by Crippen LogP contribution is -2.07. The van der Waals surface area contributed by atoms with E-state index >= 15 is 0 Å². The molecule has 1 N–H and O–H groups in total. The fraction of sp³-hybridized carbons (Fsp3) is 0.692. The van der Waals surface area contributed by atoms with Gasteiger partial charge in [0.05, 0.1) is 0 Å². The topological polar surface area (TPSA) is 20.2 Å². The third-order valence-corrected chi connectivity index (χ3v) is 5.64. The summed E-state index contributed by atoms with van der Waals surface area (Å²) in [6, 6.07) is 2.21. The van der Waals surface area contributed by atoms with Gasteiger partial charge in [0.15, 0.2) is 0 Å². The van der Waals surface area contributed by atoms with Gasteiger partial charge in [0.25, 0.3) is 0 Å². The molecule has 2 unspecified atom stereocenters. The van der Waals surface area contributed by atoms with E-state index in [1.54, 1.807) is 11.3 Å². The number of thiophene rings is 1. The summed E-state index contributed by atoms with van der Waals surface area (Å²) in [5, 5.41) is 10.7. The SMILES string of the molecule is Cc1cc(C2(O)C3CCCCC32)sc1C. The lowest BCUT2D eigenvalue weighted by atomic mass is 10.0. The predicted octanol–water partition coefficient (Wildman–Crippen LogP) is 3.37. The number of hydrogen-bond donors (Lipinski definition) is 1. The van der Waals surface area contributed by atoms with Crippen molar-refractivity contribution in [2.45, 2.75) is 45.1 Å². The second-order valence-electron chi connectivity index (χ2n) is 5.17. The van der Waals surface area contributed by atoms with Crippen molar-refractivity contribution in [1.29, 1.82) is 0 Å². The summed E-state index contributed by atoms with van der Waals surface area (Å²) in [5.41, 5.74) is 0.910. The molecule has 2 saturated carbocycles. The first-order chi connectivity index (χ1) is 7.14. The minimum atomic E-state index is -0.430. The monoisotopic (exact) mass is 222 g/mol. The maximum atomic E-state index is 10.7. The zero-order valence-corrected chi connectivity index (χ0v) is 10.2. The summed E-state index contributed by atoms with van der Waals surface area (Å²) in [4.78, 5) is 2.59. The highest BCUT2D eigenvalue weighted by Crippen LogP contribution is 2.65. The highest BCUT2D eigenvalue weighted by atomic mass is 32.1. The molecule has 2 fully saturated rings. The van der Waals surface area contributed by atoms with E-state index in [-0.39, 0.29) is 0 Å². The van der Waals surface area contributed by atoms with Crippen molar-refractivity contribution in [3.63, 3.8) is 0 Å². The predicted molar refractivity (Wildman–Crippen MR) is 63.1 cm³/mol. The molecular weight excluding hydrogens is 204 g/mol.